The van der Waals surface area contributed by atoms with Gasteiger partial charge in [0.05, 0.1) is 5.92 Å². The van der Waals surface area contributed by atoms with Crippen LogP contribution in [0.15, 0.2) is 48.6 Å². The molecular weight excluding hydrogens is 296 g/mol. The Bertz CT molecular complexity index is 611. The zero-order chi connectivity index (χ0) is 16.7. The van der Waals surface area contributed by atoms with Crippen molar-refractivity contribution < 1.29 is 9.90 Å². The van der Waals surface area contributed by atoms with E-state index in [0.29, 0.717) is 17.8 Å². The van der Waals surface area contributed by atoms with Gasteiger partial charge in [0, 0.05) is 0 Å². The van der Waals surface area contributed by atoms with Gasteiger partial charge in [-0.1, -0.05) is 55.5 Å². The molecule has 4 aliphatic carbocycles. The Morgan fingerprint density at radius 3 is 2.67 bits per heavy atom. The molecule has 0 saturated heterocycles. The van der Waals surface area contributed by atoms with Crippen LogP contribution in [0, 0.1) is 47.3 Å². The van der Waals surface area contributed by atoms with Crippen LogP contribution in [0.4, 0.5) is 0 Å². The van der Waals surface area contributed by atoms with Gasteiger partial charge >= 0.3 is 5.97 Å². The van der Waals surface area contributed by atoms with E-state index < -0.39 is 5.97 Å². The monoisotopic (exact) mass is 324 g/mol. The lowest BCUT2D eigenvalue weighted by atomic mass is 9.50. The summed E-state index contributed by atoms with van der Waals surface area (Å²) >= 11 is 0. The average molecular weight is 324 g/mol. The molecule has 0 radical (unpaired) electrons. The van der Waals surface area contributed by atoms with Crippen LogP contribution in [-0.4, -0.2) is 11.1 Å². The highest BCUT2D eigenvalue weighted by Crippen LogP contribution is 2.67. The third-order valence-electron chi connectivity index (χ3n) is 7.02. The molecule has 8 atom stereocenters. The summed E-state index contributed by atoms with van der Waals surface area (Å²) in [6, 6.07) is 0. The summed E-state index contributed by atoms with van der Waals surface area (Å²) in [6.07, 6.45) is 22.5. The molecular formula is C22H28O2. The van der Waals surface area contributed by atoms with E-state index in [2.05, 4.69) is 49.5 Å². The second kappa shape index (κ2) is 6.38. The number of hydrogen-bond donors (Lipinski definition) is 1. The molecule has 1 N–H and O–H groups in total. The highest BCUT2D eigenvalue weighted by molar-refractivity contribution is 5.73. The molecule has 0 heterocycles. The Balaban J connectivity index is 1.44. The van der Waals surface area contributed by atoms with E-state index in [1.165, 1.54) is 19.3 Å². The van der Waals surface area contributed by atoms with Crippen molar-refractivity contribution in [2.24, 2.45) is 47.3 Å². The van der Waals surface area contributed by atoms with E-state index in [0.717, 1.165) is 24.2 Å². The molecule has 0 aromatic rings. The first-order valence-electron chi connectivity index (χ1n) is 9.63. The normalized spacial score (nSPS) is 44.9. The maximum Gasteiger partial charge on any atom is 0.310 e. The van der Waals surface area contributed by atoms with Crippen LogP contribution in [0.2, 0.25) is 0 Å². The highest BCUT2D eigenvalue weighted by atomic mass is 16.4. The summed E-state index contributed by atoms with van der Waals surface area (Å²) in [5, 5.41) is 9.51. The lowest BCUT2D eigenvalue weighted by Crippen LogP contribution is -2.50. The van der Waals surface area contributed by atoms with Crippen LogP contribution in [0.1, 0.15) is 32.6 Å². The lowest BCUT2D eigenvalue weighted by Gasteiger charge is -2.54. The summed E-state index contributed by atoms with van der Waals surface area (Å²) < 4.78 is 0. The van der Waals surface area contributed by atoms with Gasteiger partial charge in [-0.25, -0.2) is 0 Å². The highest BCUT2D eigenvalue weighted by Gasteiger charge is 2.62. The van der Waals surface area contributed by atoms with Crippen molar-refractivity contribution in [3.8, 4) is 0 Å². The Labute approximate surface area is 145 Å². The van der Waals surface area contributed by atoms with Crippen molar-refractivity contribution >= 4 is 5.97 Å². The molecule has 2 saturated carbocycles. The Morgan fingerprint density at radius 2 is 1.88 bits per heavy atom. The smallest absolute Gasteiger partial charge is 0.310 e. The van der Waals surface area contributed by atoms with E-state index in [9.17, 15) is 9.90 Å². The Hall–Kier alpha value is -1.57. The van der Waals surface area contributed by atoms with Crippen molar-refractivity contribution in [1.82, 2.24) is 0 Å². The predicted octanol–water partition coefficient (Wildman–Crippen LogP) is 4.86. The molecule has 0 spiro atoms. The van der Waals surface area contributed by atoms with E-state index in [-0.39, 0.29) is 11.8 Å². The zero-order valence-corrected chi connectivity index (χ0v) is 14.4. The standard InChI is InChI=1S/C22H28O2/c1-2-3-4-5-6-7-8-15-16-11-12-17-18(22(23)24)10-9-14-13-19(15)21(16)20(14)17/h3-6,9-12,14-21H,2,7-8,13H2,1H3,(H,23,24)/b4-3-,6-5+/t14-,15+,16?,17-,18-,19-,20-,21-/m0/s1. The summed E-state index contributed by atoms with van der Waals surface area (Å²) in [6.45, 7) is 2.16. The van der Waals surface area contributed by atoms with Crippen molar-refractivity contribution in [3.63, 3.8) is 0 Å². The summed E-state index contributed by atoms with van der Waals surface area (Å²) in [5.74, 6) is 3.62. The average Bonchev–Trinajstić information content (AvgIpc) is 2.91. The maximum absolute atomic E-state index is 11.6. The number of aliphatic carboxylic acids is 1. The largest absolute Gasteiger partial charge is 0.481 e. The SMILES string of the molecule is CC/C=C\C=C\CC[C@@H]1C2C=C[C@@H]3[C@H]4[C@@H]2[C@H]1C[C@@H]4C=C[C@@H]3C(=O)O. The third kappa shape index (κ3) is 2.42. The van der Waals surface area contributed by atoms with E-state index >= 15 is 0 Å². The fourth-order valence-corrected chi connectivity index (χ4v) is 6.11. The quantitative estimate of drug-likeness (QED) is 0.559. The summed E-state index contributed by atoms with van der Waals surface area (Å²) in [4.78, 5) is 11.6. The first kappa shape index (κ1) is 15.9. The molecule has 2 heteroatoms. The van der Waals surface area contributed by atoms with Gasteiger partial charge in [-0.15, -0.1) is 0 Å². The molecule has 0 amide bonds. The molecule has 128 valence electrons. The minimum Gasteiger partial charge on any atom is -0.481 e. The van der Waals surface area contributed by atoms with Crippen LogP contribution >= 0.6 is 0 Å². The summed E-state index contributed by atoms with van der Waals surface area (Å²) in [5.41, 5.74) is 0. The molecule has 0 aromatic heterocycles. The number of allylic oxidation sites excluding steroid dienone is 7. The van der Waals surface area contributed by atoms with Crippen molar-refractivity contribution in [3.05, 3.63) is 48.6 Å². The number of hydrogen-bond acceptors (Lipinski definition) is 1. The Kier molecular flexibility index (Phi) is 4.24. The van der Waals surface area contributed by atoms with Gasteiger partial charge in [0.2, 0.25) is 0 Å². The molecule has 0 bridgehead atoms. The van der Waals surface area contributed by atoms with Crippen molar-refractivity contribution in [2.45, 2.75) is 32.6 Å². The van der Waals surface area contributed by atoms with Crippen LogP contribution in [-0.2, 0) is 4.79 Å². The molecule has 2 nitrogen and oxygen atoms in total. The second-order valence-corrected chi connectivity index (χ2v) is 8.01. The molecule has 4 rings (SSSR count). The number of carbonyl (C=O) groups is 1. The van der Waals surface area contributed by atoms with Crippen LogP contribution in [0.3, 0.4) is 0 Å². The molecule has 0 aliphatic heterocycles. The van der Waals surface area contributed by atoms with E-state index in [4.69, 9.17) is 0 Å². The minimum atomic E-state index is -0.651. The van der Waals surface area contributed by atoms with E-state index in [1.807, 2.05) is 6.08 Å². The fraction of sp³-hybridized carbons (Fsp3) is 0.591. The third-order valence-corrected chi connectivity index (χ3v) is 7.02. The molecule has 4 aliphatic rings. The van der Waals surface area contributed by atoms with Gasteiger partial charge in [0.25, 0.3) is 0 Å². The topological polar surface area (TPSA) is 37.3 Å². The van der Waals surface area contributed by atoms with Gasteiger partial charge in [-0.2, -0.15) is 0 Å². The number of carboxylic acids is 1. The van der Waals surface area contributed by atoms with Crippen molar-refractivity contribution in [2.75, 3.05) is 0 Å². The zero-order valence-electron chi connectivity index (χ0n) is 14.4. The second-order valence-electron chi connectivity index (χ2n) is 8.01. The first-order valence-corrected chi connectivity index (χ1v) is 9.63. The molecule has 0 aromatic carbocycles. The van der Waals surface area contributed by atoms with Crippen LogP contribution in [0.5, 0.6) is 0 Å². The maximum atomic E-state index is 11.6. The Morgan fingerprint density at radius 1 is 1.08 bits per heavy atom. The van der Waals surface area contributed by atoms with Gasteiger partial charge in [-0.05, 0) is 67.1 Å². The summed E-state index contributed by atoms with van der Waals surface area (Å²) in [7, 11) is 0. The van der Waals surface area contributed by atoms with Gasteiger partial charge < -0.3 is 5.11 Å². The van der Waals surface area contributed by atoms with Crippen molar-refractivity contribution in [1.29, 1.82) is 0 Å². The van der Waals surface area contributed by atoms with Crippen LogP contribution in [0.25, 0.3) is 0 Å². The van der Waals surface area contributed by atoms with Gasteiger partial charge in [0.1, 0.15) is 0 Å². The van der Waals surface area contributed by atoms with Gasteiger partial charge in [-0.3, -0.25) is 4.79 Å². The van der Waals surface area contributed by atoms with Crippen LogP contribution < -0.4 is 0 Å². The number of rotatable bonds is 6. The fourth-order valence-electron chi connectivity index (χ4n) is 6.11. The first-order chi connectivity index (χ1) is 11.7. The molecule has 24 heavy (non-hydrogen) atoms. The van der Waals surface area contributed by atoms with E-state index in [1.54, 1.807) is 0 Å². The lowest BCUT2D eigenvalue weighted by molar-refractivity contribution is -0.143. The van der Waals surface area contributed by atoms with Gasteiger partial charge in [0.15, 0.2) is 0 Å². The molecule has 1 unspecified atom stereocenters. The molecule has 2 fully saturated rings. The number of carboxylic acid groups (broad SMARTS) is 1. The minimum absolute atomic E-state index is 0.240. The predicted molar refractivity (Wildman–Crippen MR) is 96.3 cm³/mol.